The van der Waals surface area contributed by atoms with Gasteiger partial charge in [-0.05, 0) is 72.9 Å². The largest absolute Gasteiger partial charge is 0.303 e. The lowest BCUT2D eigenvalue weighted by atomic mass is 10.1. The van der Waals surface area contributed by atoms with Crippen LogP contribution in [-0.2, 0) is 23.0 Å². The molecular weight excluding hydrogens is 561 g/mol. The smallest absolute Gasteiger partial charge is 0.211 e. The van der Waals surface area contributed by atoms with Crippen LogP contribution in [-0.4, -0.2) is 45.5 Å². The summed E-state index contributed by atoms with van der Waals surface area (Å²) in [5, 5.41) is 0.722. The van der Waals surface area contributed by atoms with E-state index in [-0.39, 0.29) is 17.6 Å². The molecule has 0 aliphatic heterocycles. The van der Waals surface area contributed by atoms with Crippen molar-refractivity contribution in [2.75, 3.05) is 5.75 Å². The van der Waals surface area contributed by atoms with Gasteiger partial charge in [-0.3, -0.25) is 4.79 Å². The number of carbonyl (C=O) groups is 1. The van der Waals surface area contributed by atoms with Gasteiger partial charge in [-0.15, -0.1) is 0 Å². The number of ketones is 1. The molecule has 0 atom stereocenters. The van der Waals surface area contributed by atoms with Crippen molar-refractivity contribution in [3.63, 3.8) is 0 Å². The van der Waals surface area contributed by atoms with E-state index in [9.17, 15) is 13.2 Å². The number of sulfonamides is 1. The van der Waals surface area contributed by atoms with E-state index in [1.165, 1.54) is 18.1 Å². The van der Waals surface area contributed by atoms with Crippen molar-refractivity contribution in [3.05, 3.63) is 38.9 Å². The number of nitrogens with zero attached hydrogens (tertiary/aromatic N) is 4. The third-order valence-electron chi connectivity index (χ3n) is 5.68. The molecule has 8 nitrogen and oxygen atoms in total. The van der Waals surface area contributed by atoms with Crippen LogP contribution in [0.5, 0.6) is 0 Å². The molecule has 3 aromatic rings. The van der Waals surface area contributed by atoms with Gasteiger partial charge in [0.25, 0.3) is 0 Å². The third kappa shape index (κ3) is 4.57. The quantitative estimate of drug-likeness (QED) is 0.405. The lowest BCUT2D eigenvalue weighted by Gasteiger charge is -2.11. The van der Waals surface area contributed by atoms with Gasteiger partial charge < -0.3 is 4.57 Å². The fourth-order valence-electron chi connectivity index (χ4n) is 3.86. The number of benzene rings is 1. The Hall–Kier alpha value is -1.57. The molecule has 0 radical (unpaired) electrons. The van der Waals surface area contributed by atoms with Gasteiger partial charge in [0.05, 0.1) is 11.4 Å². The van der Waals surface area contributed by atoms with E-state index < -0.39 is 10.0 Å². The Balaban J connectivity index is 1.44. The maximum Gasteiger partial charge on any atom is 0.211 e. The molecule has 5 rings (SSSR count). The van der Waals surface area contributed by atoms with Crippen molar-refractivity contribution in [2.45, 2.75) is 61.7 Å². The van der Waals surface area contributed by atoms with Gasteiger partial charge in [-0.25, -0.2) is 28.1 Å². The van der Waals surface area contributed by atoms with Crippen molar-refractivity contribution < 1.29 is 13.2 Å². The molecule has 1 fully saturated rings. The summed E-state index contributed by atoms with van der Waals surface area (Å²) in [6.07, 6.45) is 5.16. The molecule has 2 aromatic heterocycles. The Morgan fingerprint density at radius 3 is 2.84 bits per heavy atom. The number of imidazole rings is 1. The first-order valence-electron chi connectivity index (χ1n) is 10.5. The van der Waals surface area contributed by atoms with E-state index in [4.69, 9.17) is 4.98 Å². The summed E-state index contributed by atoms with van der Waals surface area (Å²) < 4.78 is 30.3. The van der Waals surface area contributed by atoms with Gasteiger partial charge in [0.15, 0.2) is 16.6 Å². The Morgan fingerprint density at radius 1 is 1.25 bits per heavy atom. The number of carbonyl (C=O) groups excluding carboxylic acids is 1. The summed E-state index contributed by atoms with van der Waals surface area (Å²) in [6, 6.07) is 4.15. The zero-order chi connectivity index (χ0) is 22.5. The highest BCUT2D eigenvalue weighted by Crippen LogP contribution is 2.37. The number of nitrogens with one attached hydrogen (secondary N) is 1. The van der Waals surface area contributed by atoms with E-state index in [1.807, 2.05) is 17.6 Å². The Labute approximate surface area is 204 Å². The highest BCUT2D eigenvalue weighted by Gasteiger charge is 2.27. The summed E-state index contributed by atoms with van der Waals surface area (Å²) in [5.74, 6) is 0.240. The van der Waals surface area contributed by atoms with Crippen molar-refractivity contribution in [1.29, 1.82) is 0 Å². The highest BCUT2D eigenvalue weighted by atomic mass is 127. The summed E-state index contributed by atoms with van der Waals surface area (Å²) >= 11 is 3.78. The zero-order valence-corrected chi connectivity index (χ0v) is 21.3. The average Bonchev–Trinajstić information content (AvgIpc) is 3.37. The second-order valence-electron chi connectivity index (χ2n) is 8.21. The minimum atomic E-state index is -3.29. The molecule has 0 spiro atoms. The van der Waals surface area contributed by atoms with Gasteiger partial charge in [-0.2, -0.15) is 0 Å². The fraction of sp³-hybridized carbons (Fsp3) is 0.429. The van der Waals surface area contributed by atoms with Gasteiger partial charge in [0.2, 0.25) is 10.0 Å². The highest BCUT2D eigenvalue weighted by molar-refractivity contribution is 14.1. The molecule has 0 saturated heterocycles. The maximum atomic E-state index is 12.3. The minimum absolute atomic E-state index is 0.0578. The van der Waals surface area contributed by atoms with Gasteiger partial charge in [-0.1, -0.05) is 11.8 Å². The molecule has 2 aliphatic carbocycles. The first kappa shape index (κ1) is 22.2. The fourth-order valence-corrected chi connectivity index (χ4v) is 7.04. The maximum absolute atomic E-state index is 12.3. The number of hydrogen-bond donors (Lipinski definition) is 1. The molecule has 32 heavy (non-hydrogen) atoms. The Morgan fingerprint density at radius 2 is 2.06 bits per heavy atom. The van der Waals surface area contributed by atoms with E-state index in [0.29, 0.717) is 30.6 Å². The van der Waals surface area contributed by atoms with Crippen LogP contribution in [0.3, 0.4) is 0 Å². The SMILES string of the molecule is Cc1ncnc2c1nc(Sc1cc3c(cc1I)CCC3=O)n2CCCS(=O)(=O)NC1CC1. The molecule has 0 bridgehead atoms. The first-order chi connectivity index (χ1) is 15.3. The number of aryl methyl sites for hydroxylation is 3. The molecule has 1 aromatic carbocycles. The summed E-state index contributed by atoms with van der Waals surface area (Å²) in [4.78, 5) is 26.7. The summed E-state index contributed by atoms with van der Waals surface area (Å²) in [7, 11) is -3.29. The normalized spacial score (nSPS) is 16.1. The second kappa shape index (κ2) is 8.65. The minimum Gasteiger partial charge on any atom is -0.303 e. The molecule has 2 aliphatic rings. The van der Waals surface area contributed by atoms with Crippen LogP contribution in [0.4, 0.5) is 0 Å². The lowest BCUT2D eigenvalue weighted by molar-refractivity contribution is 0.0994. The van der Waals surface area contributed by atoms with E-state index in [1.54, 1.807) is 0 Å². The molecule has 2 heterocycles. The standard InChI is InChI=1S/C21H22IN5O3S2/c1-12-19-20(24-11-23-12)27(7-2-8-32(29,30)26-14-4-5-14)21(25-19)31-18-10-15-13(9-16(18)22)3-6-17(15)28/h9-11,14,26H,2-8H2,1H3. The predicted molar refractivity (Wildman–Crippen MR) is 131 cm³/mol. The lowest BCUT2D eigenvalue weighted by Crippen LogP contribution is -2.28. The van der Waals surface area contributed by atoms with Crippen LogP contribution in [0, 0.1) is 10.5 Å². The molecule has 0 amide bonds. The monoisotopic (exact) mass is 583 g/mol. The third-order valence-corrected chi connectivity index (χ3v) is 9.51. The molecule has 0 unspecified atom stereocenters. The number of halogens is 1. The van der Waals surface area contributed by atoms with Crippen LogP contribution in [0.2, 0.25) is 0 Å². The van der Waals surface area contributed by atoms with E-state index in [0.717, 1.165) is 49.7 Å². The summed E-state index contributed by atoms with van der Waals surface area (Å²) in [6.45, 7) is 2.36. The first-order valence-corrected chi connectivity index (χ1v) is 14.1. The predicted octanol–water partition coefficient (Wildman–Crippen LogP) is 3.49. The summed E-state index contributed by atoms with van der Waals surface area (Å²) in [5.41, 5.74) is 4.08. The zero-order valence-electron chi connectivity index (χ0n) is 17.5. The van der Waals surface area contributed by atoms with Crippen molar-refractivity contribution in [2.24, 2.45) is 0 Å². The number of aromatic nitrogens is 4. The number of fused-ring (bicyclic) bond motifs is 2. The van der Waals surface area contributed by atoms with Crippen LogP contribution < -0.4 is 4.72 Å². The van der Waals surface area contributed by atoms with Crippen molar-refractivity contribution >= 4 is 61.3 Å². The number of rotatable bonds is 8. The molecule has 11 heteroatoms. The average molecular weight is 583 g/mol. The van der Waals surface area contributed by atoms with Crippen molar-refractivity contribution in [1.82, 2.24) is 24.2 Å². The van der Waals surface area contributed by atoms with Crippen LogP contribution in [0.25, 0.3) is 11.2 Å². The second-order valence-corrected chi connectivity index (χ2v) is 12.3. The number of Topliss-reactive ketones (excluding diaryl/α,β-unsaturated/α-hetero) is 1. The Bertz CT molecular complexity index is 1330. The topological polar surface area (TPSA) is 107 Å². The van der Waals surface area contributed by atoms with Gasteiger partial charge >= 0.3 is 0 Å². The van der Waals surface area contributed by atoms with Gasteiger partial charge in [0.1, 0.15) is 11.8 Å². The van der Waals surface area contributed by atoms with Crippen LogP contribution >= 0.6 is 34.4 Å². The van der Waals surface area contributed by atoms with Gasteiger partial charge in [0, 0.05) is 33.0 Å². The van der Waals surface area contributed by atoms with Crippen LogP contribution in [0.1, 0.15) is 47.3 Å². The van der Waals surface area contributed by atoms with Crippen LogP contribution in [0.15, 0.2) is 28.5 Å². The van der Waals surface area contributed by atoms with Crippen molar-refractivity contribution in [3.8, 4) is 0 Å². The molecule has 1 N–H and O–H groups in total. The molecule has 1 saturated carbocycles. The van der Waals surface area contributed by atoms with E-state index >= 15 is 0 Å². The molecule has 168 valence electrons. The Kier molecular flexibility index (Phi) is 6.01. The molecular formula is C21H22IN5O3S2. The number of hydrogen-bond acceptors (Lipinski definition) is 7. The van der Waals surface area contributed by atoms with E-state index in [2.05, 4.69) is 43.3 Å².